The number of amides is 1. The van der Waals surface area contributed by atoms with Crippen LogP contribution in [-0.4, -0.2) is 36.5 Å². The predicted octanol–water partition coefficient (Wildman–Crippen LogP) is 2.00. The van der Waals surface area contributed by atoms with E-state index >= 15 is 0 Å². The standard InChI is InChI=1S/C17H24N2O/c1-2-9-19(16-11-18-12-16)17(20)15-8-7-13-5-3-4-6-14(13)10-15/h3-6,15-16,18H,2,7-12H2,1H3. The number of rotatable bonds is 4. The first-order chi connectivity index (χ1) is 9.79. The molecule has 0 spiro atoms. The Hall–Kier alpha value is -1.35. The number of aryl methyl sites for hydroxylation is 1. The minimum Gasteiger partial charge on any atom is -0.337 e. The van der Waals surface area contributed by atoms with Gasteiger partial charge in [0.1, 0.15) is 0 Å². The lowest BCUT2D eigenvalue weighted by Gasteiger charge is -2.40. The normalized spacial score (nSPS) is 21.9. The van der Waals surface area contributed by atoms with Crippen molar-refractivity contribution in [1.29, 1.82) is 0 Å². The molecule has 1 aliphatic heterocycles. The summed E-state index contributed by atoms with van der Waals surface area (Å²) in [5.41, 5.74) is 2.81. The molecule has 3 nitrogen and oxygen atoms in total. The summed E-state index contributed by atoms with van der Waals surface area (Å²) in [6, 6.07) is 9.01. The van der Waals surface area contributed by atoms with E-state index in [1.807, 2.05) is 0 Å². The van der Waals surface area contributed by atoms with Crippen LogP contribution in [0, 0.1) is 5.92 Å². The average Bonchev–Trinajstić information content (AvgIpc) is 2.43. The van der Waals surface area contributed by atoms with E-state index < -0.39 is 0 Å². The zero-order valence-electron chi connectivity index (χ0n) is 12.3. The van der Waals surface area contributed by atoms with E-state index in [0.29, 0.717) is 11.9 Å². The highest BCUT2D eigenvalue weighted by Crippen LogP contribution is 2.27. The monoisotopic (exact) mass is 272 g/mol. The van der Waals surface area contributed by atoms with Crippen LogP contribution in [0.25, 0.3) is 0 Å². The quantitative estimate of drug-likeness (QED) is 0.909. The molecule has 0 saturated carbocycles. The van der Waals surface area contributed by atoms with Gasteiger partial charge in [-0.25, -0.2) is 0 Å². The van der Waals surface area contributed by atoms with Gasteiger partial charge in [-0.3, -0.25) is 4.79 Å². The van der Waals surface area contributed by atoms with Gasteiger partial charge in [0.25, 0.3) is 0 Å². The minimum absolute atomic E-state index is 0.192. The molecule has 0 bridgehead atoms. The van der Waals surface area contributed by atoms with Crippen LogP contribution in [0.2, 0.25) is 0 Å². The highest BCUT2D eigenvalue weighted by Gasteiger charge is 2.33. The van der Waals surface area contributed by atoms with Crippen molar-refractivity contribution in [3.05, 3.63) is 35.4 Å². The molecule has 3 rings (SSSR count). The molecule has 1 N–H and O–H groups in total. The Kier molecular flexibility index (Phi) is 4.06. The van der Waals surface area contributed by atoms with E-state index in [2.05, 4.69) is 41.4 Å². The Bertz CT molecular complexity index is 482. The zero-order chi connectivity index (χ0) is 13.9. The van der Waals surface area contributed by atoms with Crippen molar-refractivity contribution in [2.45, 2.75) is 38.6 Å². The molecule has 1 atom stereocenters. The highest BCUT2D eigenvalue weighted by molar-refractivity contribution is 5.80. The fraction of sp³-hybridized carbons (Fsp3) is 0.588. The Balaban J connectivity index is 1.70. The van der Waals surface area contributed by atoms with E-state index in [0.717, 1.165) is 45.3 Å². The van der Waals surface area contributed by atoms with Gasteiger partial charge in [-0.2, -0.15) is 0 Å². The lowest BCUT2D eigenvalue weighted by Crippen LogP contribution is -2.60. The second-order valence-corrected chi connectivity index (χ2v) is 6.05. The molecule has 1 fully saturated rings. The number of hydrogen-bond acceptors (Lipinski definition) is 2. The summed E-state index contributed by atoms with van der Waals surface area (Å²) in [5, 5.41) is 3.28. The van der Waals surface area contributed by atoms with Gasteiger partial charge in [0.15, 0.2) is 0 Å². The first-order valence-corrected chi connectivity index (χ1v) is 7.87. The van der Waals surface area contributed by atoms with Crippen LogP contribution in [0.15, 0.2) is 24.3 Å². The molecule has 0 radical (unpaired) electrons. The van der Waals surface area contributed by atoms with Crippen LogP contribution in [0.5, 0.6) is 0 Å². The van der Waals surface area contributed by atoms with Gasteiger partial charge in [-0.05, 0) is 36.8 Å². The van der Waals surface area contributed by atoms with Crippen LogP contribution in [0.4, 0.5) is 0 Å². The molecule has 3 heteroatoms. The van der Waals surface area contributed by atoms with E-state index in [-0.39, 0.29) is 5.92 Å². The van der Waals surface area contributed by atoms with E-state index in [1.165, 1.54) is 11.1 Å². The molecule has 20 heavy (non-hydrogen) atoms. The van der Waals surface area contributed by atoms with Gasteiger partial charge in [-0.1, -0.05) is 31.2 Å². The summed E-state index contributed by atoms with van der Waals surface area (Å²) < 4.78 is 0. The number of carbonyl (C=O) groups is 1. The van der Waals surface area contributed by atoms with Crippen molar-refractivity contribution in [3.8, 4) is 0 Å². The van der Waals surface area contributed by atoms with E-state index in [4.69, 9.17) is 0 Å². The smallest absolute Gasteiger partial charge is 0.226 e. The fourth-order valence-electron chi connectivity index (χ4n) is 3.35. The van der Waals surface area contributed by atoms with Crippen molar-refractivity contribution in [3.63, 3.8) is 0 Å². The third-order valence-electron chi connectivity index (χ3n) is 4.64. The molecular formula is C17H24N2O. The molecule has 1 saturated heterocycles. The SMILES string of the molecule is CCCN(C(=O)C1CCc2ccccc2C1)C1CNC1. The Morgan fingerprint density at radius 2 is 2.05 bits per heavy atom. The topological polar surface area (TPSA) is 32.3 Å². The van der Waals surface area contributed by atoms with Gasteiger partial charge in [0.2, 0.25) is 5.91 Å². The lowest BCUT2D eigenvalue weighted by molar-refractivity contribution is -0.139. The van der Waals surface area contributed by atoms with Crippen LogP contribution >= 0.6 is 0 Å². The molecule has 1 aromatic carbocycles. The average molecular weight is 272 g/mol. The maximum atomic E-state index is 12.8. The third-order valence-corrected chi connectivity index (χ3v) is 4.64. The van der Waals surface area contributed by atoms with Crippen molar-refractivity contribution < 1.29 is 4.79 Å². The maximum Gasteiger partial charge on any atom is 0.226 e. The van der Waals surface area contributed by atoms with Gasteiger partial charge < -0.3 is 10.2 Å². The number of carbonyl (C=O) groups excluding carboxylic acids is 1. The maximum absolute atomic E-state index is 12.8. The first-order valence-electron chi connectivity index (χ1n) is 7.87. The molecule has 1 aliphatic carbocycles. The summed E-state index contributed by atoms with van der Waals surface area (Å²) in [6.45, 7) is 5.00. The number of nitrogens with zero attached hydrogens (tertiary/aromatic N) is 1. The van der Waals surface area contributed by atoms with Crippen molar-refractivity contribution >= 4 is 5.91 Å². The van der Waals surface area contributed by atoms with Crippen molar-refractivity contribution in [1.82, 2.24) is 10.2 Å². The summed E-state index contributed by atoms with van der Waals surface area (Å²) in [5.74, 6) is 0.574. The van der Waals surface area contributed by atoms with Crippen molar-refractivity contribution in [2.24, 2.45) is 5.92 Å². The Morgan fingerprint density at radius 1 is 1.30 bits per heavy atom. The molecule has 1 heterocycles. The summed E-state index contributed by atoms with van der Waals surface area (Å²) in [4.78, 5) is 15.0. The fourth-order valence-corrected chi connectivity index (χ4v) is 3.35. The summed E-state index contributed by atoms with van der Waals surface area (Å²) >= 11 is 0. The van der Waals surface area contributed by atoms with Gasteiger partial charge in [0, 0.05) is 25.6 Å². The Labute approximate surface area is 121 Å². The minimum atomic E-state index is 0.192. The number of fused-ring (bicyclic) bond motifs is 1. The number of hydrogen-bond donors (Lipinski definition) is 1. The van der Waals surface area contributed by atoms with Crippen molar-refractivity contribution in [2.75, 3.05) is 19.6 Å². The van der Waals surface area contributed by atoms with Crippen LogP contribution in [0.3, 0.4) is 0 Å². The molecule has 108 valence electrons. The lowest BCUT2D eigenvalue weighted by atomic mass is 9.83. The largest absolute Gasteiger partial charge is 0.337 e. The van der Waals surface area contributed by atoms with E-state index in [1.54, 1.807) is 0 Å². The molecular weight excluding hydrogens is 248 g/mol. The number of benzene rings is 1. The first kappa shape index (κ1) is 13.6. The zero-order valence-corrected chi connectivity index (χ0v) is 12.3. The van der Waals surface area contributed by atoms with Gasteiger partial charge >= 0.3 is 0 Å². The second-order valence-electron chi connectivity index (χ2n) is 6.05. The molecule has 1 amide bonds. The van der Waals surface area contributed by atoms with Gasteiger partial charge in [0.05, 0.1) is 6.04 Å². The molecule has 1 unspecified atom stereocenters. The van der Waals surface area contributed by atoms with E-state index in [9.17, 15) is 4.79 Å². The van der Waals surface area contributed by atoms with Crippen LogP contribution in [-0.2, 0) is 17.6 Å². The second kappa shape index (κ2) is 5.96. The molecule has 0 aromatic heterocycles. The summed E-state index contributed by atoms with van der Waals surface area (Å²) in [6.07, 6.45) is 4.03. The van der Waals surface area contributed by atoms with Crippen LogP contribution in [0.1, 0.15) is 30.9 Å². The summed E-state index contributed by atoms with van der Waals surface area (Å²) in [7, 11) is 0. The Morgan fingerprint density at radius 3 is 2.70 bits per heavy atom. The van der Waals surface area contributed by atoms with Gasteiger partial charge in [-0.15, -0.1) is 0 Å². The third kappa shape index (κ3) is 2.59. The molecule has 1 aromatic rings. The molecule has 2 aliphatic rings. The number of nitrogens with one attached hydrogen (secondary N) is 1. The highest BCUT2D eigenvalue weighted by atomic mass is 16.2. The predicted molar refractivity (Wildman–Crippen MR) is 80.6 cm³/mol. The van der Waals surface area contributed by atoms with Crippen LogP contribution < -0.4 is 5.32 Å².